The van der Waals surface area contributed by atoms with Crippen molar-refractivity contribution in [3.63, 3.8) is 0 Å². The summed E-state index contributed by atoms with van der Waals surface area (Å²) in [6.07, 6.45) is 1.53. The van der Waals surface area contributed by atoms with Crippen LogP contribution in [0, 0.1) is 18.5 Å². The summed E-state index contributed by atoms with van der Waals surface area (Å²) in [4.78, 5) is 12.7. The first-order valence-electron chi connectivity index (χ1n) is 10.3. The lowest BCUT2D eigenvalue weighted by molar-refractivity contribution is -0.112. The highest BCUT2D eigenvalue weighted by Crippen LogP contribution is 2.35. The van der Waals surface area contributed by atoms with Gasteiger partial charge in [0, 0.05) is 9.26 Å². The summed E-state index contributed by atoms with van der Waals surface area (Å²) in [6.45, 7) is 2.74. The lowest BCUT2D eigenvalue weighted by atomic mass is 10.1. The number of methoxy groups -OCH3 is 1. The average molecular weight is 680 g/mol. The van der Waals surface area contributed by atoms with Crippen LogP contribution in [-0.4, -0.2) is 19.6 Å². The molecule has 0 fully saturated rings. The lowest BCUT2D eigenvalue weighted by Gasteiger charge is -2.15. The molecule has 34 heavy (non-hydrogen) atoms. The molecule has 0 aromatic heterocycles. The number of anilines is 1. The summed E-state index contributed by atoms with van der Waals surface area (Å²) in [6, 6.07) is 20.6. The zero-order valence-corrected chi connectivity index (χ0v) is 22.9. The van der Waals surface area contributed by atoms with E-state index in [2.05, 4.69) is 50.5 Å². The minimum atomic E-state index is -0.500. The molecule has 0 unspecified atom stereocenters. The van der Waals surface area contributed by atoms with Crippen molar-refractivity contribution in [2.24, 2.45) is 0 Å². The number of halogens is 2. The molecule has 0 bridgehead atoms. The van der Waals surface area contributed by atoms with E-state index in [9.17, 15) is 10.1 Å². The standard InChI is InChI=1S/C26H22I2N2O4/c1-3-33-24-14-18(13-23(28)25(24)34-16-17-4-6-20(27)7-5-17)12-19(15-29)26(31)30-21-8-10-22(32-2)11-9-21/h4-14H,3,16H2,1-2H3,(H,30,31)/b19-12+. The summed E-state index contributed by atoms with van der Waals surface area (Å²) in [5, 5.41) is 12.3. The Bertz CT molecular complexity index is 1220. The van der Waals surface area contributed by atoms with E-state index in [0.717, 1.165) is 12.7 Å². The molecular weight excluding hydrogens is 658 g/mol. The Kier molecular flexibility index (Phi) is 9.59. The second-order valence-electron chi connectivity index (χ2n) is 7.03. The lowest BCUT2D eigenvalue weighted by Crippen LogP contribution is -2.13. The van der Waals surface area contributed by atoms with E-state index in [4.69, 9.17) is 14.2 Å². The van der Waals surface area contributed by atoms with Gasteiger partial charge in [0.05, 0.1) is 17.3 Å². The molecule has 0 spiro atoms. The smallest absolute Gasteiger partial charge is 0.266 e. The van der Waals surface area contributed by atoms with Gasteiger partial charge in [-0.3, -0.25) is 4.79 Å². The molecule has 1 amide bonds. The number of carbonyl (C=O) groups is 1. The van der Waals surface area contributed by atoms with Gasteiger partial charge in [0.25, 0.3) is 5.91 Å². The quantitative estimate of drug-likeness (QED) is 0.160. The van der Waals surface area contributed by atoms with Crippen molar-refractivity contribution in [1.82, 2.24) is 0 Å². The Labute approximate surface area is 226 Å². The van der Waals surface area contributed by atoms with Gasteiger partial charge in [-0.2, -0.15) is 5.26 Å². The van der Waals surface area contributed by atoms with Crippen molar-refractivity contribution in [1.29, 1.82) is 5.26 Å². The summed E-state index contributed by atoms with van der Waals surface area (Å²) in [5.74, 6) is 1.36. The Morgan fingerprint density at radius 2 is 1.76 bits per heavy atom. The predicted molar refractivity (Wildman–Crippen MR) is 149 cm³/mol. The van der Waals surface area contributed by atoms with E-state index >= 15 is 0 Å². The highest BCUT2D eigenvalue weighted by molar-refractivity contribution is 14.1. The highest BCUT2D eigenvalue weighted by atomic mass is 127. The first kappa shape index (κ1) is 25.8. The molecule has 0 radical (unpaired) electrons. The van der Waals surface area contributed by atoms with Crippen LogP contribution < -0.4 is 19.5 Å². The molecule has 174 valence electrons. The number of benzene rings is 3. The fraction of sp³-hybridized carbons (Fsp3) is 0.154. The second-order valence-corrected chi connectivity index (χ2v) is 9.44. The van der Waals surface area contributed by atoms with Crippen LogP contribution in [0.2, 0.25) is 0 Å². The van der Waals surface area contributed by atoms with Gasteiger partial charge in [0.1, 0.15) is 24.0 Å². The molecular formula is C26H22I2N2O4. The zero-order chi connectivity index (χ0) is 24.5. The molecule has 0 atom stereocenters. The number of carbonyl (C=O) groups excluding carboxylic acids is 1. The number of nitrogens with zero attached hydrogens (tertiary/aromatic N) is 1. The normalized spacial score (nSPS) is 10.9. The van der Waals surface area contributed by atoms with E-state index in [1.54, 1.807) is 37.4 Å². The van der Waals surface area contributed by atoms with Gasteiger partial charge in [-0.25, -0.2) is 0 Å². The van der Waals surface area contributed by atoms with Crippen LogP contribution in [0.15, 0.2) is 66.2 Å². The van der Waals surface area contributed by atoms with Crippen molar-refractivity contribution in [3.8, 4) is 23.3 Å². The first-order valence-corrected chi connectivity index (χ1v) is 12.5. The van der Waals surface area contributed by atoms with Gasteiger partial charge in [-0.1, -0.05) is 12.1 Å². The van der Waals surface area contributed by atoms with Gasteiger partial charge in [-0.15, -0.1) is 0 Å². The van der Waals surface area contributed by atoms with Crippen molar-refractivity contribution < 1.29 is 19.0 Å². The van der Waals surface area contributed by atoms with Gasteiger partial charge in [0.15, 0.2) is 11.5 Å². The van der Waals surface area contributed by atoms with Gasteiger partial charge in [-0.05, 0) is 118 Å². The molecule has 0 aliphatic carbocycles. The molecule has 3 aromatic carbocycles. The van der Waals surface area contributed by atoms with E-state index in [-0.39, 0.29) is 5.57 Å². The van der Waals surface area contributed by atoms with Crippen molar-refractivity contribution >= 4 is 62.9 Å². The molecule has 3 rings (SSSR count). The molecule has 0 heterocycles. The molecule has 0 saturated heterocycles. The summed E-state index contributed by atoms with van der Waals surface area (Å²) in [5.41, 5.74) is 2.25. The van der Waals surface area contributed by atoms with Crippen molar-refractivity contribution in [2.45, 2.75) is 13.5 Å². The van der Waals surface area contributed by atoms with E-state index in [0.29, 0.717) is 41.7 Å². The third-order valence-electron chi connectivity index (χ3n) is 4.65. The van der Waals surface area contributed by atoms with Crippen LogP contribution in [0.25, 0.3) is 6.08 Å². The first-order chi connectivity index (χ1) is 16.4. The monoisotopic (exact) mass is 680 g/mol. The highest BCUT2D eigenvalue weighted by Gasteiger charge is 2.15. The fourth-order valence-electron chi connectivity index (χ4n) is 3.00. The van der Waals surface area contributed by atoms with Gasteiger partial charge < -0.3 is 19.5 Å². The zero-order valence-electron chi connectivity index (χ0n) is 18.6. The number of hydrogen-bond acceptors (Lipinski definition) is 5. The summed E-state index contributed by atoms with van der Waals surface area (Å²) in [7, 11) is 1.57. The Hall–Kier alpha value is -2.78. The van der Waals surface area contributed by atoms with Crippen LogP contribution in [0.3, 0.4) is 0 Å². The Morgan fingerprint density at radius 1 is 1.06 bits per heavy atom. The number of rotatable bonds is 9. The number of ether oxygens (including phenoxy) is 3. The largest absolute Gasteiger partial charge is 0.497 e. The molecule has 3 aromatic rings. The van der Waals surface area contributed by atoms with E-state index in [1.165, 1.54) is 6.08 Å². The van der Waals surface area contributed by atoms with Crippen molar-refractivity contribution in [2.75, 3.05) is 19.0 Å². The van der Waals surface area contributed by atoms with Gasteiger partial charge in [0.2, 0.25) is 0 Å². The molecule has 6 nitrogen and oxygen atoms in total. The summed E-state index contributed by atoms with van der Waals surface area (Å²) < 4.78 is 19.0. The van der Waals surface area contributed by atoms with Crippen LogP contribution >= 0.6 is 45.2 Å². The number of nitrogens with one attached hydrogen (secondary N) is 1. The van der Waals surface area contributed by atoms with Crippen LogP contribution in [-0.2, 0) is 11.4 Å². The molecule has 8 heteroatoms. The van der Waals surface area contributed by atoms with Crippen LogP contribution in [0.5, 0.6) is 17.2 Å². The molecule has 0 aliphatic rings. The SMILES string of the molecule is CCOc1cc(/C=C(\C#N)C(=O)Nc2ccc(OC)cc2)cc(I)c1OCc1ccc(I)cc1. The minimum absolute atomic E-state index is 0.0263. The van der Waals surface area contributed by atoms with Crippen LogP contribution in [0.4, 0.5) is 5.69 Å². The maximum atomic E-state index is 12.7. The van der Waals surface area contributed by atoms with Gasteiger partial charge >= 0.3 is 0 Å². The number of amides is 1. The third kappa shape index (κ3) is 7.11. The maximum Gasteiger partial charge on any atom is 0.266 e. The topological polar surface area (TPSA) is 80.6 Å². The fourth-order valence-corrected chi connectivity index (χ4v) is 4.14. The third-order valence-corrected chi connectivity index (χ3v) is 6.17. The predicted octanol–water partition coefficient (Wildman–Crippen LogP) is 6.43. The van der Waals surface area contributed by atoms with Crippen molar-refractivity contribution in [3.05, 3.63) is 84.5 Å². The number of nitriles is 1. The second kappa shape index (κ2) is 12.6. The molecule has 0 aliphatic heterocycles. The van der Waals surface area contributed by atoms with E-state index < -0.39 is 5.91 Å². The Morgan fingerprint density at radius 3 is 2.38 bits per heavy atom. The number of hydrogen-bond donors (Lipinski definition) is 1. The van der Waals surface area contributed by atoms with Crippen LogP contribution in [0.1, 0.15) is 18.1 Å². The Balaban J connectivity index is 1.81. The minimum Gasteiger partial charge on any atom is -0.497 e. The van der Waals surface area contributed by atoms with E-state index in [1.807, 2.05) is 43.3 Å². The average Bonchev–Trinajstić information content (AvgIpc) is 2.83. The maximum absolute atomic E-state index is 12.7. The molecule has 0 saturated carbocycles. The molecule has 1 N–H and O–H groups in total. The summed E-state index contributed by atoms with van der Waals surface area (Å²) >= 11 is 4.43.